The molecule has 2 aromatic heterocycles. The van der Waals surface area contributed by atoms with E-state index < -0.39 is 17.2 Å². The smallest absolute Gasteiger partial charge is 0.351 e. The van der Waals surface area contributed by atoms with Gasteiger partial charge in [-0.3, -0.25) is 0 Å². The molecule has 2 aromatic rings. The monoisotopic (exact) mass is 313 g/mol. The summed E-state index contributed by atoms with van der Waals surface area (Å²) in [5.74, 6) is 0.380. The van der Waals surface area contributed by atoms with Gasteiger partial charge in [-0.15, -0.1) is 0 Å². The second-order valence-electron chi connectivity index (χ2n) is 4.90. The van der Waals surface area contributed by atoms with Crippen molar-refractivity contribution in [1.82, 2.24) is 0 Å². The minimum Gasteiger partial charge on any atom is -0.462 e. The minimum absolute atomic E-state index is 0.0576. The number of esters is 1. The molecule has 0 N–H and O–H groups in total. The summed E-state index contributed by atoms with van der Waals surface area (Å²) in [6, 6.07) is 1.49. The third kappa shape index (κ3) is 2.69. The quantitative estimate of drug-likeness (QED) is 0.805. The predicted molar refractivity (Wildman–Crippen MR) is 81.3 cm³/mol. The lowest BCUT2D eigenvalue weighted by Crippen LogP contribution is -2.18. The average Bonchev–Trinajstić information content (AvgIpc) is 3.00. The van der Waals surface area contributed by atoms with Crippen LogP contribution < -0.4 is 11.3 Å². The Labute approximate surface area is 132 Å². The van der Waals surface area contributed by atoms with Crippen molar-refractivity contribution < 1.29 is 18.4 Å². The van der Waals surface area contributed by atoms with Crippen LogP contribution in [0.1, 0.15) is 28.8 Å². The van der Waals surface area contributed by atoms with E-state index in [1.54, 1.807) is 32.6 Å². The summed E-state index contributed by atoms with van der Waals surface area (Å²) in [4.78, 5) is 36.3. The van der Waals surface area contributed by atoms with Gasteiger partial charge in [0.2, 0.25) is 0 Å². The molecule has 6 nitrogen and oxygen atoms in total. The number of hydrogen-bond donors (Lipinski definition) is 0. The molecule has 0 amide bonds. The van der Waals surface area contributed by atoms with Gasteiger partial charge in [-0.05, 0) is 45.6 Å². The second kappa shape index (κ2) is 6.02. The van der Waals surface area contributed by atoms with Gasteiger partial charge in [0.05, 0.1) is 6.61 Å². The minimum atomic E-state index is -0.849. The molecular formula is C17H13O6. The first-order valence-corrected chi connectivity index (χ1v) is 7.03. The lowest BCUT2D eigenvalue weighted by atomic mass is 10.0. The summed E-state index contributed by atoms with van der Waals surface area (Å²) in [5.41, 5.74) is -1.63. The SMILES string of the molecule is CCOC(=O)c1c(C)oc(=O)c2c(=O)oc([C]3[CH][CH][CH][CH]3)cc12. The van der Waals surface area contributed by atoms with Gasteiger partial charge in [0.1, 0.15) is 17.1 Å². The number of hydrogen-bond acceptors (Lipinski definition) is 6. The largest absolute Gasteiger partial charge is 0.462 e. The van der Waals surface area contributed by atoms with Crippen LogP contribution in [0.3, 0.4) is 0 Å². The van der Waals surface area contributed by atoms with Crippen LogP contribution in [0.15, 0.2) is 24.5 Å². The Morgan fingerprint density at radius 1 is 1.13 bits per heavy atom. The Bertz CT molecular complexity index is 867. The van der Waals surface area contributed by atoms with Crippen molar-refractivity contribution in [2.24, 2.45) is 0 Å². The Balaban J connectivity index is 2.31. The molecular weight excluding hydrogens is 300 g/mol. The van der Waals surface area contributed by atoms with Crippen LogP contribution in [-0.2, 0) is 4.74 Å². The first-order chi connectivity index (χ1) is 11.0. The Morgan fingerprint density at radius 3 is 2.43 bits per heavy atom. The highest BCUT2D eigenvalue weighted by Gasteiger charge is 2.26. The molecule has 2 heterocycles. The lowest BCUT2D eigenvalue weighted by Gasteiger charge is -2.10. The summed E-state index contributed by atoms with van der Waals surface area (Å²) < 4.78 is 15.2. The molecule has 1 aliphatic rings. The zero-order valence-electron chi connectivity index (χ0n) is 12.5. The van der Waals surface area contributed by atoms with Gasteiger partial charge >= 0.3 is 17.2 Å². The van der Waals surface area contributed by atoms with E-state index in [0.717, 1.165) is 0 Å². The van der Waals surface area contributed by atoms with Gasteiger partial charge in [-0.2, -0.15) is 0 Å². The summed E-state index contributed by atoms with van der Waals surface area (Å²) in [7, 11) is 0. The zero-order valence-corrected chi connectivity index (χ0v) is 12.5. The molecule has 0 aliphatic heterocycles. The normalized spacial score (nSPS) is 15.2. The van der Waals surface area contributed by atoms with Crippen molar-refractivity contribution in [3.8, 4) is 0 Å². The van der Waals surface area contributed by atoms with Crippen molar-refractivity contribution in [2.45, 2.75) is 13.8 Å². The Morgan fingerprint density at radius 2 is 1.78 bits per heavy atom. The fourth-order valence-electron chi connectivity index (χ4n) is 2.45. The number of rotatable bonds is 3. The van der Waals surface area contributed by atoms with Crippen molar-refractivity contribution in [3.05, 3.63) is 75.6 Å². The van der Waals surface area contributed by atoms with E-state index in [-0.39, 0.29) is 34.5 Å². The van der Waals surface area contributed by atoms with Gasteiger partial charge in [0, 0.05) is 11.3 Å². The maximum atomic E-state index is 12.2. The fraction of sp³-hybridized carbons (Fsp3) is 0.176. The molecule has 1 fully saturated rings. The third-order valence-electron chi connectivity index (χ3n) is 3.45. The van der Waals surface area contributed by atoms with E-state index in [0.29, 0.717) is 5.92 Å². The molecule has 1 saturated carbocycles. The summed E-state index contributed by atoms with van der Waals surface area (Å²) in [6.07, 6.45) is 7.09. The number of ether oxygens (including phenoxy) is 1. The van der Waals surface area contributed by atoms with Crippen LogP contribution in [0.5, 0.6) is 0 Å². The van der Waals surface area contributed by atoms with Crippen LogP contribution in [-0.4, -0.2) is 12.6 Å². The van der Waals surface area contributed by atoms with Crippen LogP contribution in [0, 0.1) is 38.5 Å². The highest BCUT2D eigenvalue weighted by Crippen LogP contribution is 2.31. The van der Waals surface area contributed by atoms with E-state index in [4.69, 9.17) is 13.6 Å². The van der Waals surface area contributed by atoms with E-state index in [1.807, 2.05) is 0 Å². The molecule has 1 aliphatic carbocycles. The highest BCUT2D eigenvalue weighted by molar-refractivity contribution is 6.04. The van der Waals surface area contributed by atoms with Crippen molar-refractivity contribution >= 4 is 16.7 Å². The van der Waals surface area contributed by atoms with E-state index >= 15 is 0 Å². The standard InChI is InChI=1S/C17H13O6/c1-3-21-15(18)13-9(2)22-16(19)14-11(13)8-12(23-17(14)20)10-6-4-5-7-10/h4-8H,3H2,1-2H3. The zero-order chi connectivity index (χ0) is 16.6. The maximum absolute atomic E-state index is 12.2. The van der Waals surface area contributed by atoms with Gasteiger partial charge < -0.3 is 13.6 Å². The molecule has 117 valence electrons. The van der Waals surface area contributed by atoms with Crippen molar-refractivity contribution in [3.63, 3.8) is 0 Å². The summed E-state index contributed by atoms with van der Waals surface area (Å²) in [6.45, 7) is 3.30. The molecule has 0 aromatic carbocycles. The predicted octanol–water partition coefficient (Wildman–Crippen LogP) is 1.98. The van der Waals surface area contributed by atoms with E-state index in [1.165, 1.54) is 13.0 Å². The van der Waals surface area contributed by atoms with E-state index in [2.05, 4.69) is 0 Å². The summed E-state index contributed by atoms with van der Waals surface area (Å²) in [5, 5.41) is -0.126. The number of aryl methyl sites for hydroxylation is 1. The number of carbonyl (C=O) groups excluding carboxylic acids is 1. The summed E-state index contributed by atoms with van der Waals surface area (Å²) >= 11 is 0. The highest BCUT2D eigenvalue weighted by atomic mass is 16.5. The topological polar surface area (TPSA) is 86.7 Å². The third-order valence-corrected chi connectivity index (χ3v) is 3.45. The van der Waals surface area contributed by atoms with Crippen LogP contribution in [0.2, 0.25) is 0 Å². The van der Waals surface area contributed by atoms with Crippen molar-refractivity contribution in [1.29, 1.82) is 0 Å². The molecule has 0 saturated heterocycles. The molecule has 0 bridgehead atoms. The molecule has 5 radical (unpaired) electrons. The molecule has 0 unspecified atom stereocenters. The van der Waals surface area contributed by atoms with Gasteiger partial charge in [-0.25, -0.2) is 14.4 Å². The molecule has 23 heavy (non-hydrogen) atoms. The first-order valence-electron chi connectivity index (χ1n) is 7.03. The molecule has 0 spiro atoms. The molecule has 0 atom stereocenters. The van der Waals surface area contributed by atoms with Crippen LogP contribution in [0.4, 0.5) is 0 Å². The van der Waals surface area contributed by atoms with E-state index in [9.17, 15) is 14.4 Å². The maximum Gasteiger partial charge on any atom is 0.351 e. The fourth-order valence-corrected chi connectivity index (χ4v) is 2.45. The van der Waals surface area contributed by atoms with Crippen LogP contribution in [0.25, 0.3) is 10.8 Å². The van der Waals surface area contributed by atoms with Gasteiger partial charge in [-0.1, -0.05) is 0 Å². The Kier molecular flexibility index (Phi) is 4.07. The molecule has 3 rings (SSSR count). The average molecular weight is 313 g/mol. The first kappa shape index (κ1) is 15.5. The van der Waals surface area contributed by atoms with Crippen molar-refractivity contribution in [2.75, 3.05) is 6.61 Å². The lowest BCUT2D eigenvalue weighted by molar-refractivity contribution is 0.0524. The number of fused-ring (bicyclic) bond motifs is 1. The molecule has 6 heteroatoms. The number of carbonyl (C=O) groups is 1. The Hall–Kier alpha value is -2.37. The van der Waals surface area contributed by atoms with Crippen LogP contribution >= 0.6 is 0 Å². The van der Waals surface area contributed by atoms with Gasteiger partial charge in [0.15, 0.2) is 5.39 Å². The van der Waals surface area contributed by atoms with Gasteiger partial charge in [0.25, 0.3) is 0 Å². The second-order valence-corrected chi connectivity index (χ2v) is 4.90.